The Morgan fingerprint density at radius 2 is 1.00 bits per heavy atom. The van der Waals surface area contributed by atoms with Gasteiger partial charge in [0.1, 0.15) is 0 Å². The van der Waals surface area contributed by atoms with Crippen molar-refractivity contribution in [2.75, 3.05) is 0 Å². The summed E-state index contributed by atoms with van der Waals surface area (Å²) in [6, 6.07) is 37.3. The van der Waals surface area contributed by atoms with Crippen molar-refractivity contribution in [2.24, 2.45) is 11.3 Å². The Morgan fingerprint density at radius 1 is 0.604 bits per heavy atom. The molecule has 0 amide bonds. The molecule has 5 aromatic carbocycles. The molecule has 0 bridgehead atoms. The molecule has 0 spiro atoms. The second-order valence-corrected chi connectivity index (χ2v) is 17.0. The van der Waals surface area contributed by atoms with Crippen LogP contribution in [-0.4, -0.2) is 3.21 Å². The van der Waals surface area contributed by atoms with Crippen LogP contribution in [0.25, 0.3) is 21.5 Å². The van der Waals surface area contributed by atoms with Gasteiger partial charge in [-0.2, -0.15) is 11.6 Å². The topological polar surface area (TPSA) is 0 Å². The Balaban J connectivity index is 0.000000260. The zero-order valence-electron chi connectivity index (χ0n) is 30.7. The van der Waals surface area contributed by atoms with E-state index in [9.17, 15) is 0 Å². The van der Waals surface area contributed by atoms with Crippen LogP contribution >= 0.6 is 0 Å². The van der Waals surface area contributed by atoms with Crippen molar-refractivity contribution in [3.05, 3.63) is 149 Å². The molecule has 0 nitrogen and oxygen atoms in total. The maximum atomic E-state index is 3.40. The van der Waals surface area contributed by atoms with Gasteiger partial charge in [-0.3, -0.25) is 6.08 Å². The molecule has 0 aliphatic heterocycles. The summed E-state index contributed by atoms with van der Waals surface area (Å²) in [5.41, 5.74) is 8.97. The van der Waals surface area contributed by atoms with Crippen LogP contribution in [0.3, 0.4) is 0 Å². The number of rotatable bonds is 2. The van der Waals surface area contributed by atoms with E-state index in [0.29, 0.717) is 11.3 Å². The zero-order chi connectivity index (χ0) is 33.9. The van der Waals surface area contributed by atoms with E-state index in [1.165, 1.54) is 82.4 Å². The monoisotopic (exact) mass is 752 g/mol. The van der Waals surface area contributed by atoms with Gasteiger partial charge in [-0.15, -0.1) is 39.7 Å². The summed E-state index contributed by atoms with van der Waals surface area (Å²) in [4.78, 5) is 0. The van der Waals surface area contributed by atoms with Crippen molar-refractivity contribution in [1.82, 2.24) is 0 Å². The molecular formula is C45H52Cl2Zr-2. The first kappa shape index (κ1) is 41.7. The molecular weight excluding hydrogens is 703 g/mol. The number of hydrogen-bond donors (Lipinski definition) is 0. The van der Waals surface area contributed by atoms with Crippen LogP contribution in [-0.2, 0) is 35.1 Å². The third kappa shape index (κ3) is 10.8. The van der Waals surface area contributed by atoms with Gasteiger partial charge in [-0.1, -0.05) is 123 Å². The van der Waals surface area contributed by atoms with E-state index < -0.39 is 0 Å². The Morgan fingerprint density at radius 3 is 1.29 bits per heavy atom. The van der Waals surface area contributed by atoms with Crippen molar-refractivity contribution in [1.29, 1.82) is 0 Å². The van der Waals surface area contributed by atoms with Gasteiger partial charge in [0.2, 0.25) is 0 Å². The van der Waals surface area contributed by atoms with Gasteiger partial charge in [0.25, 0.3) is 0 Å². The van der Waals surface area contributed by atoms with Gasteiger partial charge in [0.05, 0.1) is 0 Å². The van der Waals surface area contributed by atoms with Crippen LogP contribution in [0.1, 0.15) is 98.4 Å². The van der Waals surface area contributed by atoms with E-state index in [0.717, 1.165) is 0 Å². The van der Waals surface area contributed by atoms with Crippen LogP contribution < -0.4 is 24.8 Å². The molecule has 48 heavy (non-hydrogen) atoms. The number of fused-ring (bicyclic) bond motifs is 3. The first-order valence-electron chi connectivity index (χ1n) is 16.6. The van der Waals surface area contributed by atoms with Gasteiger partial charge in [-0.05, 0) is 10.8 Å². The average Bonchev–Trinajstić information content (AvgIpc) is 3.55. The first-order valence-corrected chi connectivity index (χ1v) is 17.8. The zero-order valence-corrected chi connectivity index (χ0v) is 34.7. The Bertz CT molecular complexity index is 1740. The maximum absolute atomic E-state index is 3.40. The molecule has 0 N–H and O–H groups in total. The van der Waals surface area contributed by atoms with E-state index in [4.69, 9.17) is 0 Å². The summed E-state index contributed by atoms with van der Waals surface area (Å²) in [5, 5.41) is 5.48. The minimum atomic E-state index is 0. The van der Waals surface area contributed by atoms with Crippen LogP contribution in [0.2, 0.25) is 0 Å². The predicted molar refractivity (Wildman–Crippen MR) is 200 cm³/mol. The number of benzene rings is 4. The molecule has 0 aromatic heterocycles. The molecule has 1 aliphatic rings. The van der Waals surface area contributed by atoms with Crippen LogP contribution in [0.4, 0.5) is 0 Å². The molecule has 1 atom stereocenters. The van der Waals surface area contributed by atoms with Gasteiger partial charge in [-0.25, -0.2) is 5.57 Å². The molecule has 5 aromatic rings. The minimum absolute atomic E-state index is 0. The molecule has 252 valence electrons. The first-order chi connectivity index (χ1) is 21.4. The quantitative estimate of drug-likeness (QED) is 0.181. The normalized spacial score (nSPS) is 14.4. The number of hydrogen-bond acceptors (Lipinski definition) is 0. The van der Waals surface area contributed by atoms with E-state index >= 15 is 0 Å². The summed E-state index contributed by atoms with van der Waals surface area (Å²) in [6.07, 6.45) is 5.71. The summed E-state index contributed by atoms with van der Waals surface area (Å²) in [5.74, 6) is 0.518. The summed E-state index contributed by atoms with van der Waals surface area (Å²) in [7, 11) is 0. The fourth-order valence-corrected chi connectivity index (χ4v) is 6.80. The Kier molecular flexibility index (Phi) is 14.8. The standard InChI is InChI=1S/C21H25.C13H10.C11H17.2ClH.Zr/c1-20(2,3)16-7-9-18-14(12-16)11-15-13-17(21(4,5)6)8-10-19(15)18;1-3-7-12(8-4-1)11-13-9-5-2-6-10-13;1-8-6-9(2)10(7-8)11(3,4)5;;;/h7-13H,1-6H3;1-10H;7-8H,1-5H3;2*1H;/q-1;;-1;;;+2/p-2. The average molecular weight is 755 g/mol. The number of halogens is 2. The summed E-state index contributed by atoms with van der Waals surface area (Å²) < 4.78 is 1.42. The molecule has 6 rings (SSSR count). The fraction of sp³-hybridized carbons (Fsp3) is 0.333. The molecule has 1 aliphatic carbocycles. The molecule has 1 unspecified atom stereocenters. The van der Waals surface area contributed by atoms with E-state index in [-0.39, 0.29) is 35.6 Å². The third-order valence-corrected chi connectivity index (χ3v) is 10.1. The van der Waals surface area contributed by atoms with Crippen molar-refractivity contribution in [3.8, 4) is 0 Å². The van der Waals surface area contributed by atoms with E-state index in [2.05, 4.69) is 191 Å². The number of allylic oxidation sites excluding steroid dienone is 4. The van der Waals surface area contributed by atoms with E-state index in [1.807, 2.05) is 0 Å². The Hall–Kier alpha value is -2.44. The summed E-state index contributed by atoms with van der Waals surface area (Å²) in [6.45, 7) is 24.7. The molecule has 0 fully saturated rings. The third-order valence-electron chi connectivity index (χ3n) is 8.63. The van der Waals surface area contributed by atoms with Crippen molar-refractivity contribution in [2.45, 2.75) is 87.0 Å². The van der Waals surface area contributed by atoms with Gasteiger partial charge in [0, 0.05) is 0 Å². The molecule has 0 radical (unpaired) electrons. The fourth-order valence-electron chi connectivity index (χ4n) is 5.98. The van der Waals surface area contributed by atoms with Crippen molar-refractivity contribution in [3.63, 3.8) is 0 Å². The van der Waals surface area contributed by atoms with Crippen molar-refractivity contribution < 1.29 is 49.0 Å². The second kappa shape index (κ2) is 17.0. The second-order valence-electron chi connectivity index (χ2n) is 15.7. The van der Waals surface area contributed by atoms with Crippen molar-refractivity contribution >= 4 is 24.8 Å². The van der Waals surface area contributed by atoms with Gasteiger partial charge in [0.15, 0.2) is 0 Å². The van der Waals surface area contributed by atoms with Gasteiger partial charge >= 0.3 is 99.2 Å². The van der Waals surface area contributed by atoms with Crippen LogP contribution in [0.5, 0.6) is 0 Å². The molecule has 0 saturated carbocycles. The molecule has 0 heterocycles. The Labute approximate surface area is 318 Å². The predicted octanol–water partition coefficient (Wildman–Crippen LogP) is 6.48. The SMILES string of the molecule is CC(C)(C)c1ccc2c(c1)[cH-]c1cc(C(C)(C)C)ccc12.CC1=[C-]C(C)C=C1C(C)(C)C.[Cl-].[Cl-].[Zr+2]=[C](c1ccccc1)c1ccccc1. The van der Waals surface area contributed by atoms with Crippen LogP contribution in [0, 0.1) is 17.4 Å². The van der Waals surface area contributed by atoms with E-state index in [1.54, 1.807) is 0 Å². The van der Waals surface area contributed by atoms with Gasteiger partial charge < -0.3 is 24.8 Å². The van der Waals surface area contributed by atoms with Crippen LogP contribution in [0.15, 0.2) is 120 Å². The molecule has 0 saturated heterocycles. The molecule has 3 heteroatoms. The summed E-state index contributed by atoms with van der Waals surface area (Å²) >= 11 is 1.46.